The summed E-state index contributed by atoms with van der Waals surface area (Å²) in [5.74, 6) is 0. The van der Waals surface area contributed by atoms with Crippen LogP contribution in [0.4, 0.5) is 11.4 Å². The Kier molecular flexibility index (Phi) is 3.43. The van der Waals surface area contributed by atoms with Gasteiger partial charge in [-0.2, -0.15) is 0 Å². The molecule has 0 spiro atoms. The van der Waals surface area contributed by atoms with Crippen molar-refractivity contribution in [2.75, 3.05) is 12.4 Å². The Morgan fingerprint density at radius 3 is 2.71 bits per heavy atom. The van der Waals surface area contributed by atoms with Crippen molar-refractivity contribution in [2.24, 2.45) is 0 Å². The third-order valence-electron chi connectivity index (χ3n) is 1.84. The quantitative estimate of drug-likeness (QED) is 0.643. The van der Waals surface area contributed by atoms with Crippen LogP contribution in [0.3, 0.4) is 0 Å². The molecule has 1 aromatic carbocycles. The first kappa shape index (κ1) is 10.9. The third kappa shape index (κ3) is 1.85. The van der Waals surface area contributed by atoms with Crippen LogP contribution in [0.2, 0.25) is 0 Å². The average Bonchev–Trinajstić information content (AvgIpc) is 2.17. The molecule has 76 valence electrons. The van der Waals surface area contributed by atoms with Crippen LogP contribution in [0.5, 0.6) is 0 Å². The molecule has 0 fully saturated rings. The predicted octanol–water partition coefficient (Wildman–Crippen LogP) is 1.89. The molecule has 5 nitrogen and oxygen atoms in total. The van der Waals surface area contributed by atoms with Crippen molar-refractivity contribution in [2.45, 2.75) is 6.61 Å². The van der Waals surface area contributed by atoms with E-state index < -0.39 is 4.92 Å². The Morgan fingerprint density at radius 2 is 2.29 bits per heavy atom. The minimum atomic E-state index is -0.512. The number of nitro benzene ring substituents is 1. The van der Waals surface area contributed by atoms with E-state index in [-0.39, 0.29) is 17.9 Å². The van der Waals surface area contributed by atoms with Gasteiger partial charge in [-0.1, -0.05) is 15.9 Å². The maximum atomic E-state index is 10.7. The fourth-order valence-corrected chi connectivity index (χ4v) is 1.62. The number of nitro groups is 1. The van der Waals surface area contributed by atoms with Crippen LogP contribution >= 0.6 is 15.9 Å². The monoisotopic (exact) mass is 260 g/mol. The molecular weight excluding hydrogens is 252 g/mol. The van der Waals surface area contributed by atoms with Gasteiger partial charge in [0.15, 0.2) is 0 Å². The molecule has 0 saturated carbocycles. The van der Waals surface area contributed by atoms with E-state index in [9.17, 15) is 10.1 Å². The topological polar surface area (TPSA) is 75.4 Å². The standard InChI is InChI=1S/C8H9BrN2O3/c1-10-7-3-2-6(9)5(4-12)8(7)11(13)14/h2-3,10,12H,4H2,1H3. The summed E-state index contributed by atoms with van der Waals surface area (Å²) in [4.78, 5) is 10.2. The lowest BCUT2D eigenvalue weighted by Crippen LogP contribution is -2.01. The molecule has 0 bridgehead atoms. The Hall–Kier alpha value is -1.14. The fraction of sp³-hybridized carbons (Fsp3) is 0.250. The van der Waals surface area contributed by atoms with Gasteiger partial charge < -0.3 is 10.4 Å². The number of benzene rings is 1. The van der Waals surface area contributed by atoms with Gasteiger partial charge in [0, 0.05) is 11.5 Å². The number of rotatable bonds is 3. The second-order valence-electron chi connectivity index (χ2n) is 2.59. The molecular formula is C8H9BrN2O3. The molecule has 0 aliphatic rings. The van der Waals surface area contributed by atoms with Crippen LogP contribution in [0, 0.1) is 10.1 Å². The number of aliphatic hydroxyl groups excluding tert-OH is 1. The van der Waals surface area contributed by atoms with Crippen molar-refractivity contribution >= 4 is 27.3 Å². The van der Waals surface area contributed by atoms with Crippen LogP contribution in [-0.4, -0.2) is 17.1 Å². The van der Waals surface area contributed by atoms with E-state index in [1.165, 1.54) is 0 Å². The van der Waals surface area contributed by atoms with Gasteiger partial charge >= 0.3 is 0 Å². The van der Waals surface area contributed by atoms with Crippen molar-refractivity contribution in [1.29, 1.82) is 0 Å². The van der Waals surface area contributed by atoms with Gasteiger partial charge in [-0.25, -0.2) is 0 Å². The average molecular weight is 261 g/mol. The molecule has 0 amide bonds. The molecule has 0 aromatic heterocycles. The number of aliphatic hydroxyl groups is 1. The Labute approximate surface area is 89.0 Å². The summed E-state index contributed by atoms with van der Waals surface area (Å²) >= 11 is 3.15. The van der Waals surface area contributed by atoms with Gasteiger partial charge in [0.05, 0.1) is 17.1 Å². The van der Waals surface area contributed by atoms with E-state index in [1.807, 2.05) is 0 Å². The normalized spacial score (nSPS) is 9.93. The highest BCUT2D eigenvalue weighted by Crippen LogP contribution is 2.33. The Balaban J connectivity index is 3.43. The van der Waals surface area contributed by atoms with Crippen molar-refractivity contribution in [3.8, 4) is 0 Å². The van der Waals surface area contributed by atoms with Gasteiger partial charge in [-0.15, -0.1) is 0 Å². The number of halogens is 1. The first-order valence-electron chi connectivity index (χ1n) is 3.86. The van der Waals surface area contributed by atoms with Gasteiger partial charge in [-0.05, 0) is 12.1 Å². The lowest BCUT2D eigenvalue weighted by Gasteiger charge is -2.07. The number of nitrogens with one attached hydrogen (secondary N) is 1. The summed E-state index contributed by atoms with van der Waals surface area (Å²) in [6, 6.07) is 3.24. The van der Waals surface area contributed by atoms with Crippen LogP contribution in [0.15, 0.2) is 16.6 Å². The Bertz CT molecular complexity index is 368. The minimum absolute atomic E-state index is 0.0932. The van der Waals surface area contributed by atoms with Gasteiger partial charge in [0.1, 0.15) is 5.69 Å². The van der Waals surface area contributed by atoms with E-state index in [2.05, 4.69) is 21.2 Å². The maximum absolute atomic E-state index is 10.7. The van der Waals surface area contributed by atoms with E-state index in [4.69, 9.17) is 5.11 Å². The zero-order chi connectivity index (χ0) is 10.7. The molecule has 0 radical (unpaired) electrons. The number of hydrogen-bond acceptors (Lipinski definition) is 4. The highest BCUT2D eigenvalue weighted by Gasteiger charge is 2.20. The zero-order valence-electron chi connectivity index (χ0n) is 7.45. The van der Waals surface area contributed by atoms with Crippen LogP contribution in [0.1, 0.15) is 5.56 Å². The molecule has 1 rings (SSSR count). The molecule has 1 aromatic rings. The number of anilines is 1. The molecule has 0 heterocycles. The first-order valence-corrected chi connectivity index (χ1v) is 4.65. The predicted molar refractivity (Wildman–Crippen MR) is 56.3 cm³/mol. The van der Waals surface area contributed by atoms with Crippen LogP contribution in [0.25, 0.3) is 0 Å². The molecule has 0 aliphatic carbocycles. The zero-order valence-corrected chi connectivity index (χ0v) is 9.04. The summed E-state index contributed by atoms with van der Waals surface area (Å²) in [7, 11) is 1.59. The van der Waals surface area contributed by atoms with E-state index in [0.717, 1.165) is 0 Å². The molecule has 0 saturated heterocycles. The lowest BCUT2D eigenvalue weighted by atomic mass is 10.1. The summed E-state index contributed by atoms with van der Waals surface area (Å²) < 4.78 is 0.533. The van der Waals surface area contributed by atoms with Gasteiger partial charge in [-0.3, -0.25) is 10.1 Å². The summed E-state index contributed by atoms with van der Waals surface area (Å²) in [6.07, 6.45) is 0. The molecule has 0 aliphatic heterocycles. The van der Waals surface area contributed by atoms with Gasteiger partial charge in [0.2, 0.25) is 0 Å². The second-order valence-corrected chi connectivity index (χ2v) is 3.44. The second kappa shape index (κ2) is 4.39. The molecule has 2 N–H and O–H groups in total. The fourth-order valence-electron chi connectivity index (χ4n) is 1.17. The summed E-state index contributed by atoms with van der Waals surface area (Å²) in [6.45, 7) is -0.369. The van der Waals surface area contributed by atoms with Crippen molar-refractivity contribution in [3.05, 3.63) is 32.3 Å². The Morgan fingerprint density at radius 1 is 1.64 bits per heavy atom. The SMILES string of the molecule is CNc1ccc(Br)c(CO)c1[N+](=O)[O-]. The van der Waals surface area contributed by atoms with Crippen LogP contribution in [-0.2, 0) is 6.61 Å². The summed E-state index contributed by atoms with van der Waals surface area (Å²) in [5.41, 5.74) is 0.577. The largest absolute Gasteiger partial charge is 0.391 e. The van der Waals surface area contributed by atoms with E-state index in [1.54, 1.807) is 19.2 Å². The van der Waals surface area contributed by atoms with Crippen molar-refractivity contribution in [3.63, 3.8) is 0 Å². The summed E-state index contributed by atoms with van der Waals surface area (Å²) in [5, 5.41) is 22.5. The molecule has 0 unspecified atom stereocenters. The smallest absolute Gasteiger partial charge is 0.298 e. The highest BCUT2D eigenvalue weighted by atomic mass is 79.9. The first-order chi connectivity index (χ1) is 6.61. The van der Waals surface area contributed by atoms with Crippen LogP contribution < -0.4 is 5.32 Å². The minimum Gasteiger partial charge on any atom is -0.391 e. The van der Waals surface area contributed by atoms with Crippen molar-refractivity contribution in [1.82, 2.24) is 0 Å². The maximum Gasteiger partial charge on any atom is 0.298 e. The highest BCUT2D eigenvalue weighted by molar-refractivity contribution is 9.10. The number of hydrogen-bond donors (Lipinski definition) is 2. The van der Waals surface area contributed by atoms with E-state index in [0.29, 0.717) is 10.2 Å². The molecule has 6 heteroatoms. The molecule has 0 atom stereocenters. The third-order valence-corrected chi connectivity index (χ3v) is 2.58. The lowest BCUT2D eigenvalue weighted by molar-refractivity contribution is -0.385. The van der Waals surface area contributed by atoms with Gasteiger partial charge in [0.25, 0.3) is 5.69 Å². The molecule has 14 heavy (non-hydrogen) atoms. The number of nitrogens with zero attached hydrogens (tertiary/aromatic N) is 1. The van der Waals surface area contributed by atoms with Crippen molar-refractivity contribution < 1.29 is 10.0 Å². The van der Waals surface area contributed by atoms with E-state index >= 15 is 0 Å².